The number of hydrogen-bond donors (Lipinski definition) is 1. The largest absolute Gasteiger partial charge is 0.457 e. The third-order valence-corrected chi connectivity index (χ3v) is 8.13. The summed E-state index contributed by atoms with van der Waals surface area (Å²) in [7, 11) is 0. The molecule has 4 heterocycles. The van der Waals surface area contributed by atoms with E-state index in [0.29, 0.717) is 36.4 Å². The molecule has 1 aromatic carbocycles. The lowest BCUT2D eigenvalue weighted by Crippen LogP contribution is -2.49. The smallest absolute Gasteiger partial charge is 0.338 e. The molecule has 0 aromatic heterocycles. The minimum absolute atomic E-state index is 0.0323. The number of benzene rings is 1. The number of cyclic esters (lactones) is 2. The molecule has 4 aliphatic heterocycles. The molecule has 1 atom stereocenters. The number of piperidine rings is 1. The van der Waals surface area contributed by atoms with Crippen LogP contribution >= 0.6 is 0 Å². The van der Waals surface area contributed by atoms with Gasteiger partial charge in [0.15, 0.2) is 0 Å². The summed E-state index contributed by atoms with van der Waals surface area (Å²) in [5.41, 5.74) is 4.62. The normalized spacial score (nSPS) is 23.4. The van der Waals surface area contributed by atoms with Crippen LogP contribution in [0.1, 0.15) is 53.2 Å². The SMILES string of the molecule is CC1=C(N2CCC3(CCN([C@H](CO)Cc4ccc5c(c4C)COC5=O)CC3)C2=O)COC1=O. The first kappa shape index (κ1) is 22.1. The van der Waals surface area contributed by atoms with Gasteiger partial charge in [0.05, 0.1) is 28.9 Å². The van der Waals surface area contributed by atoms with Crippen molar-refractivity contribution in [2.75, 3.05) is 32.8 Å². The number of aliphatic hydroxyl groups excluding tert-OH is 1. The van der Waals surface area contributed by atoms with Crippen LogP contribution in [0.15, 0.2) is 23.4 Å². The van der Waals surface area contributed by atoms with Crippen LogP contribution in [0.3, 0.4) is 0 Å². The fourth-order valence-corrected chi connectivity index (χ4v) is 5.79. The number of aliphatic hydroxyl groups is 1. The minimum atomic E-state index is -0.392. The highest BCUT2D eigenvalue weighted by Gasteiger charge is 2.50. The maximum atomic E-state index is 13.4. The van der Waals surface area contributed by atoms with E-state index in [2.05, 4.69) is 4.90 Å². The molecule has 2 saturated heterocycles. The molecule has 1 N–H and O–H groups in total. The lowest BCUT2D eigenvalue weighted by Gasteiger charge is -2.41. The van der Waals surface area contributed by atoms with E-state index in [9.17, 15) is 19.5 Å². The number of hydrogen-bond acceptors (Lipinski definition) is 7. The first-order chi connectivity index (χ1) is 15.8. The number of nitrogens with zero attached hydrogens (tertiary/aromatic N) is 2. The second kappa shape index (κ2) is 8.25. The summed E-state index contributed by atoms with van der Waals surface area (Å²) in [5.74, 6) is -0.499. The standard InChI is InChI=1S/C25H30N2O6/c1-15-17(3-4-19-20(15)13-32-23(19)30)11-18(12-28)26-8-5-25(6-9-26)7-10-27(24(25)31)21-14-33-22(29)16(21)2/h3-4,18,28H,5-14H2,1-2H3/t18-/m0/s1. The van der Waals surface area contributed by atoms with E-state index < -0.39 is 5.41 Å². The average molecular weight is 455 g/mol. The third kappa shape index (κ3) is 3.56. The molecule has 0 unspecified atom stereocenters. The fourth-order valence-electron chi connectivity index (χ4n) is 5.79. The van der Waals surface area contributed by atoms with Gasteiger partial charge in [0.1, 0.15) is 13.2 Å². The van der Waals surface area contributed by atoms with Crippen LogP contribution < -0.4 is 0 Å². The van der Waals surface area contributed by atoms with E-state index >= 15 is 0 Å². The average Bonchev–Trinajstić information content (AvgIpc) is 3.46. The molecule has 2 fully saturated rings. The number of carbonyl (C=O) groups excluding carboxylic acids is 3. The van der Waals surface area contributed by atoms with Gasteiger partial charge in [-0.3, -0.25) is 9.69 Å². The summed E-state index contributed by atoms with van der Waals surface area (Å²) in [5, 5.41) is 10.2. The zero-order chi connectivity index (χ0) is 23.3. The Morgan fingerprint density at radius 2 is 1.70 bits per heavy atom. The topological polar surface area (TPSA) is 96.4 Å². The van der Waals surface area contributed by atoms with Crippen LogP contribution in [0.2, 0.25) is 0 Å². The number of carbonyl (C=O) groups is 3. The Morgan fingerprint density at radius 1 is 1.00 bits per heavy atom. The van der Waals surface area contributed by atoms with Crippen molar-refractivity contribution < 1.29 is 29.0 Å². The number of amides is 1. The van der Waals surface area contributed by atoms with E-state index in [4.69, 9.17) is 9.47 Å². The molecule has 5 rings (SSSR count). The molecule has 8 heteroatoms. The van der Waals surface area contributed by atoms with E-state index in [1.165, 1.54) is 0 Å². The van der Waals surface area contributed by atoms with Gasteiger partial charge in [-0.2, -0.15) is 0 Å². The van der Waals surface area contributed by atoms with Crippen molar-refractivity contribution in [1.29, 1.82) is 0 Å². The molecule has 8 nitrogen and oxygen atoms in total. The number of fused-ring (bicyclic) bond motifs is 1. The molecule has 1 aromatic rings. The molecular formula is C25H30N2O6. The Morgan fingerprint density at radius 3 is 2.36 bits per heavy atom. The van der Waals surface area contributed by atoms with E-state index in [1.807, 2.05) is 19.1 Å². The molecule has 1 spiro atoms. The monoisotopic (exact) mass is 454 g/mol. The lowest BCUT2D eigenvalue weighted by molar-refractivity contribution is -0.139. The Kier molecular flexibility index (Phi) is 5.53. The van der Waals surface area contributed by atoms with Gasteiger partial charge in [-0.05, 0) is 69.8 Å². The molecular weight excluding hydrogens is 424 g/mol. The van der Waals surface area contributed by atoms with Gasteiger partial charge in [0, 0.05) is 18.2 Å². The van der Waals surface area contributed by atoms with Crippen LogP contribution in [0, 0.1) is 12.3 Å². The Labute approximate surface area is 193 Å². The van der Waals surface area contributed by atoms with Crippen molar-refractivity contribution in [3.8, 4) is 0 Å². The van der Waals surface area contributed by atoms with Crippen LogP contribution in [0.25, 0.3) is 0 Å². The third-order valence-electron chi connectivity index (χ3n) is 8.13. The first-order valence-electron chi connectivity index (χ1n) is 11.7. The van der Waals surface area contributed by atoms with Gasteiger partial charge in [-0.15, -0.1) is 0 Å². The number of ether oxygens (including phenoxy) is 2. The van der Waals surface area contributed by atoms with Gasteiger partial charge >= 0.3 is 11.9 Å². The van der Waals surface area contributed by atoms with E-state index in [0.717, 1.165) is 49.0 Å². The fraction of sp³-hybridized carbons (Fsp3) is 0.560. The van der Waals surface area contributed by atoms with Crippen LogP contribution in [0.5, 0.6) is 0 Å². The van der Waals surface area contributed by atoms with Crippen LogP contribution in [-0.2, 0) is 32.1 Å². The molecule has 0 radical (unpaired) electrons. The van der Waals surface area contributed by atoms with Gasteiger partial charge in [-0.1, -0.05) is 6.07 Å². The second-order valence-corrected chi connectivity index (χ2v) is 9.66. The molecule has 176 valence electrons. The van der Waals surface area contributed by atoms with Crippen molar-refractivity contribution in [1.82, 2.24) is 9.80 Å². The van der Waals surface area contributed by atoms with Crippen molar-refractivity contribution in [3.63, 3.8) is 0 Å². The van der Waals surface area contributed by atoms with Crippen molar-refractivity contribution in [2.24, 2.45) is 5.41 Å². The van der Waals surface area contributed by atoms with Crippen molar-refractivity contribution in [3.05, 3.63) is 45.7 Å². The van der Waals surface area contributed by atoms with Gasteiger partial charge in [0.2, 0.25) is 5.91 Å². The highest BCUT2D eigenvalue weighted by molar-refractivity contribution is 5.94. The van der Waals surface area contributed by atoms with E-state index in [1.54, 1.807) is 11.8 Å². The quantitative estimate of drug-likeness (QED) is 0.677. The number of likely N-dealkylation sites (tertiary alicyclic amines) is 2. The predicted molar refractivity (Wildman–Crippen MR) is 118 cm³/mol. The maximum Gasteiger partial charge on any atom is 0.338 e. The number of esters is 2. The summed E-state index contributed by atoms with van der Waals surface area (Å²) in [6.45, 7) is 6.37. The zero-order valence-corrected chi connectivity index (χ0v) is 19.2. The summed E-state index contributed by atoms with van der Waals surface area (Å²) in [6.07, 6.45) is 2.95. The molecule has 0 bridgehead atoms. The van der Waals surface area contributed by atoms with Crippen molar-refractivity contribution >= 4 is 17.8 Å². The minimum Gasteiger partial charge on any atom is -0.457 e. The molecule has 0 aliphatic carbocycles. The summed E-state index contributed by atoms with van der Waals surface area (Å²) >= 11 is 0. The second-order valence-electron chi connectivity index (χ2n) is 9.66. The predicted octanol–water partition coefficient (Wildman–Crippen LogP) is 1.71. The van der Waals surface area contributed by atoms with Crippen LogP contribution in [0.4, 0.5) is 0 Å². The summed E-state index contributed by atoms with van der Waals surface area (Å²) in [6, 6.07) is 3.75. The molecule has 0 saturated carbocycles. The Hall–Kier alpha value is -2.71. The van der Waals surface area contributed by atoms with Gasteiger partial charge in [-0.25, -0.2) is 9.59 Å². The van der Waals surface area contributed by atoms with Gasteiger partial charge < -0.3 is 19.5 Å². The summed E-state index contributed by atoms with van der Waals surface area (Å²) < 4.78 is 10.3. The maximum absolute atomic E-state index is 13.4. The zero-order valence-electron chi connectivity index (χ0n) is 19.2. The summed E-state index contributed by atoms with van der Waals surface area (Å²) in [4.78, 5) is 41.0. The Balaban J connectivity index is 1.26. The van der Waals surface area contributed by atoms with Gasteiger partial charge in [0.25, 0.3) is 0 Å². The molecule has 4 aliphatic rings. The molecule has 33 heavy (non-hydrogen) atoms. The highest BCUT2D eigenvalue weighted by atomic mass is 16.5. The number of rotatable bonds is 5. The van der Waals surface area contributed by atoms with Crippen LogP contribution in [-0.4, -0.2) is 71.6 Å². The van der Waals surface area contributed by atoms with E-state index in [-0.39, 0.29) is 37.1 Å². The first-order valence-corrected chi connectivity index (χ1v) is 11.7. The highest BCUT2D eigenvalue weighted by Crippen LogP contribution is 2.44. The molecule has 1 amide bonds. The lowest BCUT2D eigenvalue weighted by atomic mass is 9.76. The Bertz CT molecular complexity index is 1050. The van der Waals surface area contributed by atoms with Crippen molar-refractivity contribution in [2.45, 2.75) is 52.2 Å².